The predicted octanol–water partition coefficient (Wildman–Crippen LogP) is 2.82. The summed E-state index contributed by atoms with van der Waals surface area (Å²) in [4.78, 5) is 37.0. The summed E-state index contributed by atoms with van der Waals surface area (Å²) < 4.78 is 4.95. The van der Waals surface area contributed by atoms with E-state index < -0.39 is 18.0 Å². The van der Waals surface area contributed by atoms with Gasteiger partial charge in [-0.15, -0.1) is 0 Å². The van der Waals surface area contributed by atoms with E-state index in [-0.39, 0.29) is 12.1 Å². The Morgan fingerprint density at radius 1 is 0.968 bits per heavy atom. The Morgan fingerprint density at radius 2 is 1.58 bits per heavy atom. The van der Waals surface area contributed by atoms with Crippen LogP contribution in [0, 0.1) is 5.92 Å². The molecule has 0 bridgehead atoms. The van der Waals surface area contributed by atoms with Gasteiger partial charge in [-0.1, -0.05) is 6.92 Å². The molecule has 2 rings (SSSR count). The van der Waals surface area contributed by atoms with Crippen molar-refractivity contribution in [3.05, 3.63) is 12.3 Å². The van der Waals surface area contributed by atoms with Crippen LogP contribution >= 0.6 is 0 Å². The molecule has 9 heteroatoms. The standard InChI is InChI=1S/C22H38N4O5/c1-3-26(19-11-9-18(10-12-19)24-22(29)30)15-16-5-7-17(8-6-16)23-21(28)25-20(27)13-14-31-4-2/h13-14,16-19,24H,3-12,15H2,1-2H3,(H,29,30)(H2,23,25,27,28). The minimum Gasteiger partial charge on any atom is -0.501 e. The molecule has 2 fully saturated rings. The van der Waals surface area contributed by atoms with E-state index >= 15 is 0 Å². The molecular weight excluding hydrogens is 400 g/mol. The van der Waals surface area contributed by atoms with Crippen molar-refractivity contribution in [3.8, 4) is 0 Å². The van der Waals surface area contributed by atoms with Gasteiger partial charge in [0.15, 0.2) is 0 Å². The second kappa shape index (κ2) is 13.2. The van der Waals surface area contributed by atoms with Crippen molar-refractivity contribution in [2.75, 3.05) is 19.7 Å². The molecule has 176 valence electrons. The van der Waals surface area contributed by atoms with Gasteiger partial charge in [0.25, 0.3) is 5.91 Å². The molecule has 0 saturated heterocycles. The van der Waals surface area contributed by atoms with E-state index in [0.717, 1.165) is 64.5 Å². The van der Waals surface area contributed by atoms with E-state index in [4.69, 9.17) is 9.84 Å². The van der Waals surface area contributed by atoms with Crippen molar-refractivity contribution in [3.63, 3.8) is 0 Å². The van der Waals surface area contributed by atoms with E-state index in [1.54, 1.807) is 0 Å². The Hall–Kier alpha value is -2.29. The summed E-state index contributed by atoms with van der Waals surface area (Å²) >= 11 is 0. The summed E-state index contributed by atoms with van der Waals surface area (Å²) in [5, 5.41) is 16.7. The zero-order valence-electron chi connectivity index (χ0n) is 18.8. The third kappa shape index (κ3) is 9.16. The minimum absolute atomic E-state index is 0.0849. The summed E-state index contributed by atoms with van der Waals surface area (Å²) in [5.41, 5.74) is 0. The predicted molar refractivity (Wildman–Crippen MR) is 118 cm³/mol. The molecule has 0 radical (unpaired) electrons. The molecule has 2 aliphatic carbocycles. The molecular formula is C22H38N4O5. The maximum Gasteiger partial charge on any atom is 0.404 e. The Balaban J connectivity index is 1.68. The number of urea groups is 1. The van der Waals surface area contributed by atoms with Gasteiger partial charge in [-0.3, -0.25) is 10.1 Å². The molecule has 31 heavy (non-hydrogen) atoms. The maximum atomic E-state index is 12.0. The van der Waals surface area contributed by atoms with Gasteiger partial charge < -0.3 is 25.4 Å². The van der Waals surface area contributed by atoms with Crippen molar-refractivity contribution in [2.24, 2.45) is 5.92 Å². The molecule has 4 N–H and O–H groups in total. The van der Waals surface area contributed by atoms with Crippen LogP contribution in [0.25, 0.3) is 0 Å². The fourth-order valence-electron chi connectivity index (χ4n) is 4.70. The molecule has 4 amide bonds. The number of ether oxygens (including phenoxy) is 1. The summed E-state index contributed by atoms with van der Waals surface area (Å²) in [6.07, 6.45) is 9.33. The van der Waals surface area contributed by atoms with E-state index in [0.29, 0.717) is 18.6 Å². The lowest BCUT2D eigenvalue weighted by atomic mass is 9.84. The topological polar surface area (TPSA) is 120 Å². The lowest BCUT2D eigenvalue weighted by Crippen LogP contribution is -2.47. The molecule has 2 aliphatic rings. The fourth-order valence-corrected chi connectivity index (χ4v) is 4.70. The highest BCUT2D eigenvalue weighted by atomic mass is 16.5. The number of carbonyl (C=O) groups excluding carboxylic acids is 2. The number of nitrogens with zero attached hydrogens (tertiary/aromatic N) is 1. The number of carbonyl (C=O) groups is 3. The van der Waals surface area contributed by atoms with Crippen LogP contribution in [0.5, 0.6) is 0 Å². The van der Waals surface area contributed by atoms with Crippen LogP contribution < -0.4 is 16.0 Å². The van der Waals surface area contributed by atoms with Crippen LogP contribution in [0.15, 0.2) is 12.3 Å². The Kier molecular flexibility index (Phi) is 10.6. The summed E-state index contributed by atoms with van der Waals surface area (Å²) in [7, 11) is 0. The highest BCUT2D eigenvalue weighted by molar-refractivity contribution is 6.00. The molecule has 0 aromatic rings. The van der Waals surface area contributed by atoms with Gasteiger partial charge in [0, 0.05) is 30.7 Å². The first-order valence-corrected chi connectivity index (χ1v) is 11.5. The van der Waals surface area contributed by atoms with E-state index in [2.05, 4.69) is 27.8 Å². The second-order valence-corrected chi connectivity index (χ2v) is 8.48. The number of rotatable bonds is 9. The molecule has 0 aromatic heterocycles. The largest absolute Gasteiger partial charge is 0.501 e. The smallest absolute Gasteiger partial charge is 0.404 e. The van der Waals surface area contributed by atoms with Gasteiger partial charge in [0.05, 0.1) is 12.9 Å². The van der Waals surface area contributed by atoms with Crippen molar-refractivity contribution >= 4 is 18.0 Å². The van der Waals surface area contributed by atoms with E-state index in [1.165, 1.54) is 12.3 Å². The van der Waals surface area contributed by atoms with Crippen molar-refractivity contribution in [1.82, 2.24) is 20.9 Å². The monoisotopic (exact) mass is 438 g/mol. The molecule has 0 spiro atoms. The fraction of sp³-hybridized carbons (Fsp3) is 0.773. The van der Waals surface area contributed by atoms with Crippen molar-refractivity contribution in [1.29, 1.82) is 0 Å². The third-order valence-corrected chi connectivity index (χ3v) is 6.34. The summed E-state index contributed by atoms with van der Waals surface area (Å²) in [6.45, 7) is 6.53. The molecule has 0 unspecified atom stereocenters. The van der Waals surface area contributed by atoms with Crippen LogP contribution in [0.3, 0.4) is 0 Å². The van der Waals surface area contributed by atoms with Gasteiger partial charge in [-0.25, -0.2) is 9.59 Å². The van der Waals surface area contributed by atoms with Gasteiger partial charge in [-0.05, 0) is 70.8 Å². The first-order chi connectivity index (χ1) is 14.9. The molecule has 0 aliphatic heterocycles. The van der Waals surface area contributed by atoms with Crippen molar-refractivity contribution in [2.45, 2.75) is 83.3 Å². The lowest BCUT2D eigenvalue weighted by Gasteiger charge is -2.39. The molecule has 9 nitrogen and oxygen atoms in total. The number of hydrogen-bond acceptors (Lipinski definition) is 5. The zero-order chi connectivity index (χ0) is 22.6. The SMILES string of the molecule is CCOC=CC(=O)NC(=O)NC1CCC(CN(CC)C2CCC(NC(=O)O)CC2)CC1. The molecule has 0 atom stereocenters. The van der Waals surface area contributed by atoms with Gasteiger partial charge in [0.2, 0.25) is 0 Å². The van der Waals surface area contributed by atoms with Crippen LogP contribution in [0.4, 0.5) is 9.59 Å². The summed E-state index contributed by atoms with van der Waals surface area (Å²) in [5.74, 6) is 0.109. The highest BCUT2D eigenvalue weighted by Gasteiger charge is 2.29. The quantitative estimate of drug-likeness (QED) is 0.325. The normalized spacial score (nSPS) is 26.4. The average molecular weight is 439 g/mol. The Morgan fingerprint density at radius 3 is 2.16 bits per heavy atom. The lowest BCUT2D eigenvalue weighted by molar-refractivity contribution is -0.115. The first-order valence-electron chi connectivity index (χ1n) is 11.5. The first kappa shape index (κ1) is 25.0. The van der Waals surface area contributed by atoms with Crippen molar-refractivity contribution < 1.29 is 24.2 Å². The Bertz CT molecular complexity index is 611. The number of amides is 4. The van der Waals surface area contributed by atoms with Gasteiger partial charge in [0.1, 0.15) is 0 Å². The molecule has 2 saturated carbocycles. The highest BCUT2D eigenvalue weighted by Crippen LogP contribution is 2.29. The second-order valence-electron chi connectivity index (χ2n) is 8.48. The number of carboxylic acid groups (broad SMARTS) is 1. The van der Waals surface area contributed by atoms with Crippen LogP contribution in [-0.4, -0.2) is 65.9 Å². The average Bonchev–Trinajstić information content (AvgIpc) is 2.73. The molecule has 0 heterocycles. The van der Waals surface area contributed by atoms with Crippen LogP contribution in [0.1, 0.15) is 65.2 Å². The third-order valence-electron chi connectivity index (χ3n) is 6.34. The van der Waals surface area contributed by atoms with Gasteiger partial charge >= 0.3 is 12.1 Å². The molecule has 0 aromatic carbocycles. The van der Waals surface area contributed by atoms with Crippen LogP contribution in [0.2, 0.25) is 0 Å². The minimum atomic E-state index is -0.929. The zero-order valence-corrected chi connectivity index (χ0v) is 18.8. The van der Waals surface area contributed by atoms with Gasteiger partial charge in [-0.2, -0.15) is 0 Å². The maximum absolute atomic E-state index is 12.0. The number of hydrogen-bond donors (Lipinski definition) is 4. The number of nitrogens with one attached hydrogen (secondary N) is 3. The Labute approximate surface area is 185 Å². The van der Waals surface area contributed by atoms with E-state index in [1.807, 2.05) is 6.92 Å². The number of imide groups is 1. The summed E-state index contributed by atoms with van der Waals surface area (Å²) in [6, 6.07) is 0.236. The van der Waals surface area contributed by atoms with Crippen LogP contribution in [-0.2, 0) is 9.53 Å². The van der Waals surface area contributed by atoms with E-state index in [9.17, 15) is 14.4 Å².